The quantitative estimate of drug-likeness (QED) is 0.775. The predicted molar refractivity (Wildman–Crippen MR) is 105 cm³/mol. The fraction of sp³-hybridized carbons (Fsp3) is 0.350. The number of likely N-dealkylation sites (N-methyl/N-ethyl adjacent to an activating group) is 1. The van der Waals surface area contributed by atoms with E-state index in [-0.39, 0.29) is 16.5 Å². The monoisotopic (exact) mass is 441 g/mol. The third kappa shape index (κ3) is 5.18. The summed E-state index contributed by atoms with van der Waals surface area (Å²) in [4.78, 5) is 13.9. The van der Waals surface area contributed by atoms with E-state index in [2.05, 4.69) is 4.90 Å². The lowest BCUT2D eigenvalue weighted by Crippen LogP contribution is -2.49. The molecular formula is C20H22F3N3O3S. The van der Waals surface area contributed by atoms with Crippen molar-refractivity contribution in [2.75, 3.05) is 33.2 Å². The smallest absolute Gasteiger partial charge is 0.343 e. The van der Waals surface area contributed by atoms with Gasteiger partial charge in [0.1, 0.15) is 6.54 Å². The summed E-state index contributed by atoms with van der Waals surface area (Å²) in [7, 11) is -1.94. The maximum Gasteiger partial charge on any atom is 0.405 e. The van der Waals surface area contributed by atoms with Crippen LogP contribution in [0.5, 0.6) is 0 Å². The SMILES string of the molecule is CN1CCN(S(=O)(=O)c2ccc(C(=O)NCC(F)(F)F)cc2)C(c2ccccc2)C1. The summed E-state index contributed by atoms with van der Waals surface area (Å²) in [6.07, 6.45) is -4.52. The summed E-state index contributed by atoms with van der Waals surface area (Å²) in [5.41, 5.74) is 0.826. The molecular weight excluding hydrogens is 419 g/mol. The number of nitrogens with zero attached hydrogens (tertiary/aromatic N) is 2. The molecule has 2 aromatic rings. The number of carbonyl (C=O) groups excluding carboxylic acids is 1. The third-order valence-corrected chi connectivity index (χ3v) is 6.81. The Hall–Kier alpha value is -2.43. The van der Waals surface area contributed by atoms with E-state index in [0.29, 0.717) is 19.6 Å². The summed E-state index contributed by atoms with van der Waals surface area (Å²) in [6.45, 7) is -0.0557. The van der Waals surface area contributed by atoms with Crippen molar-refractivity contribution in [1.82, 2.24) is 14.5 Å². The molecule has 10 heteroatoms. The van der Waals surface area contributed by atoms with Gasteiger partial charge in [0, 0.05) is 25.2 Å². The molecule has 1 atom stereocenters. The minimum atomic E-state index is -4.52. The average molecular weight is 441 g/mol. The predicted octanol–water partition coefficient (Wildman–Crippen LogP) is 2.66. The Kier molecular flexibility index (Phi) is 6.49. The molecule has 1 N–H and O–H groups in total. The van der Waals surface area contributed by atoms with Crippen LogP contribution in [0.15, 0.2) is 59.5 Å². The molecule has 1 heterocycles. The molecule has 3 rings (SSSR count). The number of nitrogens with one attached hydrogen (secondary N) is 1. The van der Waals surface area contributed by atoms with Gasteiger partial charge in [-0.15, -0.1) is 0 Å². The van der Waals surface area contributed by atoms with E-state index in [4.69, 9.17) is 0 Å². The molecule has 30 heavy (non-hydrogen) atoms. The Morgan fingerprint density at radius 3 is 2.30 bits per heavy atom. The summed E-state index contributed by atoms with van der Waals surface area (Å²) in [5.74, 6) is -0.918. The van der Waals surface area contributed by atoms with Crippen molar-refractivity contribution in [3.05, 3.63) is 65.7 Å². The Morgan fingerprint density at radius 1 is 1.07 bits per heavy atom. The van der Waals surface area contributed by atoms with E-state index in [1.54, 1.807) is 5.32 Å². The van der Waals surface area contributed by atoms with Crippen LogP contribution in [0.1, 0.15) is 22.0 Å². The van der Waals surface area contributed by atoms with Crippen LogP contribution >= 0.6 is 0 Å². The van der Waals surface area contributed by atoms with Crippen LogP contribution in [0.3, 0.4) is 0 Å². The van der Waals surface area contributed by atoms with E-state index in [1.807, 2.05) is 37.4 Å². The standard InChI is InChI=1S/C20H22F3N3O3S/c1-25-11-12-26(18(13-25)15-5-3-2-4-6-15)30(28,29)17-9-7-16(8-10-17)19(27)24-14-20(21,22)23/h2-10,18H,11-14H2,1H3,(H,24,27). The number of carbonyl (C=O) groups is 1. The highest BCUT2D eigenvalue weighted by Gasteiger charge is 2.36. The van der Waals surface area contributed by atoms with Gasteiger partial charge in [0.25, 0.3) is 5.91 Å². The van der Waals surface area contributed by atoms with E-state index in [1.165, 1.54) is 28.6 Å². The molecule has 1 saturated heterocycles. The lowest BCUT2D eigenvalue weighted by molar-refractivity contribution is -0.123. The number of piperazine rings is 1. The Bertz CT molecular complexity index is 980. The van der Waals surface area contributed by atoms with Crippen LogP contribution in [0.25, 0.3) is 0 Å². The van der Waals surface area contributed by atoms with Crippen molar-refractivity contribution in [3.8, 4) is 0 Å². The van der Waals surface area contributed by atoms with Gasteiger partial charge < -0.3 is 10.2 Å². The zero-order valence-electron chi connectivity index (χ0n) is 16.3. The van der Waals surface area contributed by atoms with Gasteiger partial charge in [0.2, 0.25) is 10.0 Å². The lowest BCUT2D eigenvalue weighted by Gasteiger charge is -2.39. The molecule has 0 radical (unpaired) electrons. The number of alkyl halides is 3. The Balaban J connectivity index is 1.82. The highest BCUT2D eigenvalue weighted by molar-refractivity contribution is 7.89. The van der Waals surface area contributed by atoms with Gasteiger partial charge in [0.05, 0.1) is 10.9 Å². The van der Waals surface area contributed by atoms with Crippen LogP contribution in [-0.4, -0.2) is 62.9 Å². The molecule has 1 fully saturated rings. The van der Waals surface area contributed by atoms with E-state index in [9.17, 15) is 26.4 Å². The number of amides is 1. The highest BCUT2D eigenvalue weighted by Crippen LogP contribution is 2.30. The molecule has 2 aromatic carbocycles. The maximum absolute atomic E-state index is 13.3. The minimum absolute atomic E-state index is 0.0136. The lowest BCUT2D eigenvalue weighted by atomic mass is 10.1. The van der Waals surface area contributed by atoms with Crippen molar-refractivity contribution in [3.63, 3.8) is 0 Å². The van der Waals surface area contributed by atoms with Gasteiger partial charge in [-0.05, 0) is 36.9 Å². The maximum atomic E-state index is 13.3. The number of sulfonamides is 1. The molecule has 1 aliphatic heterocycles. The second-order valence-electron chi connectivity index (χ2n) is 7.13. The number of benzene rings is 2. The first-order valence-electron chi connectivity index (χ1n) is 9.28. The van der Waals surface area contributed by atoms with Gasteiger partial charge in [-0.3, -0.25) is 4.79 Å². The normalized spacial score (nSPS) is 18.9. The molecule has 6 nitrogen and oxygen atoms in total. The zero-order valence-corrected chi connectivity index (χ0v) is 17.1. The van der Waals surface area contributed by atoms with Gasteiger partial charge in [-0.25, -0.2) is 8.42 Å². The van der Waals surface area contributed by atoms with Crippen molar-refractivity contribution < 1.29 is 26.4 Å². The molecule has 0 saturated carbocycles. The van der Waals surface area contributed by atoms with Gasteiger partial charge in [-0.1, -0.05) is 30.3 Å². The molecule has 0 aromatic heterocycles. The number of hydrogen-bond acceptors (Lipinski definition) is 4. The van der Waals surface area contributed by atoms with Crippen LogP contribution in [0.2, 0.25) is 0 Å². The summed E-state index contributed by atoms with van der Waals surface area (Å²) < 4.78 is 64.8. The second-order valence-corrected chi connectivity index (χ2v) is 9.02. The van der Waals surface area contributed by atoms with E-state index in [0.717, 1.165) is 5.56 Å². The summed E-state index contributed by atoms with van der Waals surface area (Å²) in [6, 6.07) is 13.9. The topological polar surface area (TPSA) is 69.7 Å². The average Bonchev–Trinajstić information content (AvgIpc) is 2.72. The van der Waals surface area contributed by atoms with Crippen molar-refractivity contribution in [1.29, 1.82) is 0 Å². The van der Waals surface area contributed by atoms with Crippen LogP contribution in [-0.2, 0) is 10.0 Å². The summed E-state index contributed by atoms with van der Waals surface area (Å²) >= 11 is 0. The highest BCUT2D eigenvalue weighted by atomic mass is 32.2. The summed E-state index contributed by atoms with van der Waals surface area (Å²) in [5, 5.41) is 1.76. The third-order valence-electron chi connectivity index (χ3n) is 4.89. The van der Waals surface area contributed by atoms with Gasteiger partial charge >= 0.3 is 6.18 Å². The molecule has 0 spiro atoms. The molecule has 0 bridgehead atoms. The fourth-order valence-electron chi connectivity index (χ4n) is 3.33. The first-order valence-corrected chi connectivity index (χ1v) is 10.7. The number of hydrogen-bond donors (Lipinski definition) is 1. The molecule has 1 aliphatic rings. The Morgan fingerprint density at radius 2 is 1.70 bits per heavy atom. The van der Waals surface area contributed by atoms with Crippen molar-refractivity contribution >= 4 is 15.9 Å². The number of halogens is 3. The molecule has 162 valence electrons. The second kappa shape index (κ2) is 8.75. The number of rotatable bonds is 5. The van der Waals surface area contributed by atoms with Crippen LogP contribution in [0, 0.1) is 0 Å². The first-order chi connectivity index (χ1) is 14.1. The first kappa shape index (κ1) is 22.3. The van der Waals surface area contributed by atoms with Crippen LogP contribution in [0.4, 0.5) is 13.2 Å². The molecule has 1 unspecified atom stereocenters. The Labute approximate surface area is 173 Å². The van der Waals surface area contributed by atoms with Gasteiger partial charge in [0.15, 0.2) is 0 Å². The van der Waals surface area contributed by atoms with E-state index < -0.39 is 28.7 Å². The minimum Gasteiger partial charge on any atom is -0.343 e. The van der Waals surface area contributed by atoms with E-state index >= 15 is 0 Å². The largest absolute Gasteiger partial charge is 0.405 e. The zero-order chi connectivity index (χ0) is 21.9. The van der Waals surface area contributed by atoms with Crippen molar-refractivity contribution in [2.24, 2.45) is 0 Å². The molecule has 1 amide bonds. The van der Waals surface area contributed by atoms with Crippen LogP contribution < -0.4 is 5.32 Å². The fourth-order valence-corrected chi connectivity index (χ4v) is 4.93. The van der Waals surface area contributed by atoms with Crippen molar-refractivity contribution in [2.45, 2.75) is 17.1 Å². The molecule has 0 aliphatic carbocycles. The van der Waals surface area contributed by atoms with Gasteiger partial charge in [-0.2, -0.15) is 17.5 Å².